The number of rotatable bonds is 4. The lowest BCUT2D eigenvalue weighted by Crippen LogP contribution is -2.53. The standard InChI is InChI=1S/C18H28FN5O/c19-15-13-20-18(21-14-15)24-7-3-16-17(4-8-24)25-12-11-23(16)10-9-22-5-1-2-6-22/h13-14,16-17H,1-12H2/t16-,17-/m0/s1. The lowest BCUT2D eigenvalue weighted by Gasteiger charge is -2.41. The summed E-state index contributed by atoms with van der Waals surface area (Å²) in [6.07, 6.45) is 7.51. The van der Waals surface area contributed by atoms with Crippen molar-refractivity contribution in [2.75, 3.05) is 57.3 Å². The minimum absolute atomic E-state index is 0.290. The molecule has 3 fully saturated rings. The highest BCUT2D eigenvalue weighted by Crippen LogP contribution is 2.25. The molecular weight excluding hydrogens is 321 g/mol. The Hall–Kier alpha value is -1.31. The molecule has 0 radical (unpaired) electrons. The molecule has 3 saturated heterocycles. The van der Waals surface area contributed by atoms with Crippen LogP contribution in [0.4, 0.5) is 10.3 Å². The smallest absolute Gasteiger partial charge is 0.225 e. The highest BCUT2D eigenvalue weighted by molar-refractivity contribution is 5.29. The van der Waals surface area contributed by atoms with Crippen molar-refractivity contribution in [1.29, 1.82) is 0 Å². The normalized spacial score (nSPS) is 28.8. The summed E-state index contributed by atoms with van der Waals surface area (Å²) in [5.41, 5.74) is 0. The van der Waals surface area contributed by atoms with Gasteiger partial charge in [0.2, 0.25) is 5.95 Å². The molecule has 0 spiro atoms. The van der Waals surface area contributed by atoms with Gasteiger partial charge in [0.05, 0.1) is 25.1 Å². The predicted molar refractivity (Wildman–Crippen MR) is 94.2 cm³/mol. The van der Waals surface area contributed by atoms with Gasteiger partial charge in [0.15, 0.2) is 5.82 Å². The van der Waals surface area contributed by atoms with E-state index in [2.05, 4.69) is 24.7 Å². The molecule has 25 heavy (non-hydrogen) atoms. The van der Waals surface area contributed by atoms with Crippen LogP contribution in [0.5, 0.6) is 0 Å². The fraction of sp³-hybridized carbons (Fsp3) is 0.778. The lowest BCUT2D eigenvalue weighted by molar-refractivity contribution is -0.0727. The van der Waals surface area contributed by atoms with Gasteiger partial charge in [0, 0.05) is 38.8 Å². The van der Waals surface area contributed by atoms with Crippen molar-refractivity contribution < 1.29 is 9.13 Å². The van der Waals surface area contributed by atoms with Crippen LogP contribution in [0.15, 0.2) is 12.4 Å². The van der Waals surface area contributed by atoms with Gasteiger partial charge in [-0.25, -0.2) is 14.4 Å². The summed E-state index contributed by atoms with van der Waals surface area (Å²) in [7, 11) is 0. The van der Waals surface area contributed by atoms with Crippen LogP contribution in [0.25, 0.3) is 0 Å². The topological polar surface area (TPSA) is 44.7 Å². The van der Waals surface area contributed by atoms with Crippen molar-refractivity contribution in [2.45, 2.75) is 37.8 Å². The molecule has 7 heteroatoms. The molecule has 2 atom stereocenters. The zero-order valence-corrected chi connectivity index (χ0v) is 14.8. The average Bonchev–Trinajstić information content (AvgIpc) is 3.06. The molecule has 0 aliphatic carbocycles. The maximum atomic E-state index is 13.1. The summed E-state index contributed by atoms with van der Waals surface area (Å²) in [4.78, 5) is 15.7. The number of aromatic nitrogens is 2. The monoisotopic (exact) mass is 349 g/mol. The lowest BCUT2D eigenvalue weighted by atomic mass is 10.0. The first-order valence-electron chi connectivity index (χ1n) is 9.60. The number of nitrogens with zero attached hydrogens (tertiary/aromatic N) is 5. The van der Waals surface area contributed by atoms with E-state index in [0.29, 0.717) is 12.0 Å². The van der Waals surface area contributed by atoms with E-state index in [-0.39, 0.29) is 11.9 Å². The number of anilines is 1. The third-order valence-electron chi connectivity index (χ3n) is 5.78. The van der Waals surface area contributed by atoms with Crippen LogP contribution in [0, 0.1) is 5.82 Å². The van der Waals surface area contributed by atoms with E-state index < -0.39 is 0 Å². The Morgan fingerprint density at radius 3 is 2.56 bits per heavy atom. The zero-order valence-electron chi connectivity index (χ0n) is 14.8. The van der Waals surface area contributed by atoms with Crippen molar-refractivity contribution in [3.63, 3.8) is 0 Å². The second-order valence-electron chi connectivity index (χ2n) is 7.33. The Morgan fingerprint density at radius 2 is 1.76 bits per heavy atom. The SMILES string of the molecule is Fc1cnc(N2CC[C@@H]3OCCN(CCN4CCCC4)[C@H]3CC2)nc1. The van der Waals surface area contributed by atoms with Gasteiger partial charge in [0.1, 0.15) is 0 Å². The van der Waals surface area contributed by atoms with Crippen LogP contribution < -0.4 is 4.90 Å². The molecule has 1 aromatic rings. The summed E-state index contributed by atoms with van der Waals surface area (Å²) in [6, 6.07) is 0.474. The minimum Gasteiger partial charge on any atom is -0.375 e. The van der Waals surface area contributed by atoms with Crippen LogP contribution >= 0.6 is 0 Å². The molecule has 0 aromatic carbocycles. The van der Waals surface area contributed by atoms with Gasteiger partial charge < -0.3 is 14.5 Å². The largest absolute Gasteiger partial charge is 0.375 e. The molecule has 3 aliphatic rings. The Bertz CT molecular complexity index is 551. The second kappa shape index (κ2) is 7.93. The summed E-state index contributed by atoms with van der Waals surface area (Å²) < 4.78 is 19.2. The van der Waals surface area contributed by atoms with Crippen molar-refractivity contribution in [3.8, 4) is 0 Å². The fourth-order valence-electron chi connectivity index (χ4n) is 4.38. The van der Waals surface area contributed by atoms with E-state index in [4.69, 9.17) is 4.74 Å². The summed E-state index contributed by atoms with van der Waals surface area (Å²) in [5, 5.41) is 0. The minimum atomic E-state index is -0.385. The fourth-order valence-corrected chi connectivity index (χ4v) is 4.38. The average molecular weight is 349 g/mol. The molecule has 0 N–H and O–H groups in total. The van der Waals surface area contributed by atoms with E-state index in [0.717, 1.165) is 45.6 Å². The van der Waals surface area contributed by atoms with Gasteiger partial charge in [0.25, 0.3) is 0 Å². The molecule has 4 heterocycles. The highest BCUT2D eigenvalue weighted by atomic mass is 19.1. The first-order valence-corrected chi connectivity index (χ1v) is 9.60. The quantitative estimate of drug-likeness (QED) is 0.818. The molecule has 138 valence electrons. The molecule has 6 nitrogen and oxygen atoms in total. The first-order chi connectivity index (χ1) is 12.3. The van der Waals surface area contributed by atoms with Crippen LogP contribution in [0.3, 0.4) is 0 Å². The summed E-state index contributed by atoms with van der Waals surface area (Å²) in [5.74, 6) is 0.243. The van der Waals surface area contributed by atoms with Crippen LogP contribution in [-0.2, 0) is 4.74 Å². The summed E-state index contributed by atoms with van der Waals surface area (Å²) >= 11 is 0. The first kappa shape index (κ1) is 17.1. The van der Waals surface area contributed by atoms with Crippen LogP contribution in [0.1, 0.15) is 25.7 Å². The van der Waals surface area contributed by atoms with E-state index in [9.17, 15) is 4.39 Å². The Balaban J connectivity index is 1.37. The van der Waals surface area contributed by atoms with Gasteiger partial charge in [-0.1, -0.05) is 0 Å². The van der Waals surface area contributed by atoms with Gasteiger partial charge >= 0.3 is 0 Å². The number of likely N-dealkylation sites (tertiary alicyclic amines) is 1. The second-order valence-corrected chi connectivity index (χ2v) is 7.33. The molecule has 0 amide bonds. The third-order valence-corrected chi connectivity index (χ3v) is 5.78. The number of hydrogen-bond acceptors (Lipinski definition) is 6. The van der Waals surface area contributed by atoms with Crippen LogP contribution in [-0.4, -0.2) is 84.3 Å². The third kappa shape index (κ3) is 4.10. The van der Waals surface area contributed by atoms with Crippen molar-refractivity contribution in [1.82, 2.24) is 19.8 Å². The van der Waals surface area contributed by atoms with E-state index in [1.54, 1.807) is 0 Å². The Labute approximate surface area is 149 Å². The number of ether oxygens (including phenoxy) is 1. The van der Waals surface area contributed by atoms with Gasteiger partial charge in [-0.3, -0.25) is 4.90 Å². The number of hydrogen-bond donors (Lipinski definition) is 0. The molecule has 0 unspecified atom stereocenters. The van der Waals surface area contributed by atoms with Gasteiger partial charge in [-0.05, 0) is 38.8 Å². The number of fused-ring (bicyclic) bond motifs is 1. The maximum absolute atomic E-state index is 13.1. The molecule has 0 saturated carbocycles. The molecule has 1 aromatic heterocycles. The van der Waals surface area contributed by atoms with E-state index >= 15 is 0 Å². The summed E-state index contributed by atoms with van der Waals surface area (Å²) in [6.45, 7) is 8.45. The molecular formula is C18H28FN5O. The Morgan fingerprint density at radius 1 is 1.00 bits per heavy atom. The highest BCUT2D eigenvalue weighted by Gasteiger charge is 2.35. The molecule has 3 aliphatic heterocycles. The van der Waals surface area contributed by atoms with E-state index in [1.165, 1.54) is 44.9 Å². The zero-order chi connectivity index (χ0) is 17.1. The predicted octanol–water partition coefficient (Wildman–Crippen LogP) is 1.38. The van der Waals surface area contributed by atoms with Crippen molar-refractivity contribution in [3.05, 3.63) is 18.2 Å². The maximum Gasteiger partial charge on any atom is 0.225 e. The molecule has 0 bridgehead atoms. The van der Waals surface area contributed by atoms with Gasteiger partial charge in [-0.15, -0.1) is 0 Å². The number of morpholine rings is 1. The van der Waals surface area contributed by atoms with Crippen LogP contribution in [0.2, 0.25) is 0 Å². The van der Waals surface area contributed by atoms with Gasteiger partial charge in [-0.2, -0.15) is 0 Å². The van der Waals surface area contributed by atoms with Crippen molar-refractivity contribution >= 4 is 5.95 Å². The molecule has 4 rings (SSSR count). The van der Waals surface area contributed by atoms with Crippen molar-refractivity contribution in [2.24, 2.45) is 0 Å². The van der Waals surface area contributed by atoms with E-state index in [1.807, 2.05) is 0 Å². The number of halogens is 1. The Kier molecular flexibility index (Phi) is 5.43.